The highest BCUT2D eigenvalue weighted by Gasteiger charge is 2.35. The third-order valence-electron chi connectivity index (χ3n) is 5.51. The molecule has 2 heterocycles. The SMILES string of the molecule is CCOC(=O)N(C)CCO/N=C1/CCN2c3cc(C(F)(F)F)ccc3OCc3cccc1c32. The minimum absolute atomic E-state index is 0.179. The predicted molar refractivity (Wildman–Crippen MR) is 116 cm³/mol. The fraction of sp³-hybridized carbons (Fsp3) is 0.391. The van der Waals surface area contributed by atoms with Crippen LogP contribution >= 0.6 is 0 Å². The van der Waals surface area contributed by atoms with Crippen LogP contribution in [0.5, 0.6) is 5.75 Å². The van der Waals surface area contributed by atoms with Crippen molar-refractivity contribution >= 4 is 23.2 Å². The maximum Gasteiger partial charge on any atom is 0.416 e. The first-order chi connectivity index (χ1) is 15.8. The number of amides is 1. The summed E-state index contributed by atoms with van der Waals surface area (Å²) in [6.07, 6.45) is -4.41. The molecule has 0 saturated heterocycles. The molecule has 2 aromatic carbocycles. The molecule has 0 aliphatic carbocycles. The number of benzene rings is 2. The molecule has 0 fully saturated rings. The lowest BCUT2D eigenvalue weighted by Gasteiger charge is -2.32. The number of oxime groups is 1. The quantitative estimate of drug-likeness (QED) is 0.464. The van der Waals surface area contributed by atoms with Crippen molar-refractivity contribution in [3.8, 4) is 5.75 Å². The second-order valence-corrected chi connectivity index (χ2v) is 7.68. The van der Waals surface area contributed by atoms with Crippen LogP contribution in [0.4, 0.5) is 29.3 Å². The highest BCUT2D eigenvalue weighted by atomic mass is 19.4. The number of ether oxygens (including phenoxy) is 2. The Morgan fingerprint density at radius 2 is 2.09 bits per heavy atom. The van der Waals surface area contributed by atoms with Crippen LogP contribution in [-0.2, 0) is 22.4 Å². The molecule has 0 radical (unpaired) electrons. The highest BCUT2D eigenvalue weighted by Crippen LogP contribution is 2.45. The molecule has 4 rings (SSSR count). The van der Waals surface area contributed by atoms with Gasteiger partial charge < -0.3 is 24.1 Å². The smallest absolute Gasteiger partial charge is 0.416 e. The average Bonchev–Trinajstić information content (AvgIpc) is 2.95. The molecule has 0 aromatic heterocycles. The molecule has 176 valence electrons. The van der Waals surface area contributed by atoms with Crippen molar-refractivity contribution in [2.75, 3.05) is 38.3 Å². The lowest BCUT2D eigenvalue weighted by Crippen LogP contribution is -2.31. The number of anilines is 2. The summed E-state index contributed by atoms with van der Waals surface area (Å²) < 4.78 is 50.8. The van der Waals surface area contributed by atoms with Crippen LogP contribution in [0.25, 0.3) is 0 Å². The van der Waals surface area contributed by atoms with Crippen LogP contribution < -0.4 is 9.64 Å². The van der Waals surface area contributed by atoms with Gasteiger partial charge in [-0.1, -0.05) is 23.4 Å². The first kappa shape index (κ1) is 22.8. The molecule has 0 spiro atoms. The van der Waals surface area contributed by atoms with E-state index in [9.17, 15) is 18.0 Å². The molecule has 33 heavy (non-hydrogen) atoms. The Labute approximate surface area is 189 Å². The van der Waals surface area contributed by atoms with Crippen LogP contribution in [0.1, 0.15) is 30.0 Å². The van der Waals surface area contributed by atoms with Crippen LogP contribution in [-0.4, -0.2) is 50.1 Å². The number of likely N-dealkylation sites (N-methyl/N-ethyl adjacent to an activating group) is 1. The fourth-order valence-electron chi connectivity index (χ4n) is 3.87. The lowest BCUT2D eigenvalue weighted by molar-refractivity contribution is -0.137. The molecule has 0 bridgehead atoms. The van der Waals surface area contributed by atoms with Crippen molar-refractivity contribution in [3.63, 3.8) is 0 Å². The summed E-state index contributed by atoms with van der Waals surface area (Å²) in [7, 11) is 1.61. The highest BCUT2D eigenvalue weighted by molar-refractivity contribution is 6.08. The van der Waals surface area contributed by atoms with E-state index in [1.54, 1.807) is 14.0 Å². The Morgan fingerprint density at radius 3 is 2.85 bits per heavy atom. The molecule has 0 saturated carbocycles. The van der Waals surface area contributed by atoms with Crippen LogP contribution in [0.15, 0.2) is 41.6 Å². The predicted octanol–water partition coefficient (Wildman–Crippen LogP) is 4.95. The first-order valence-corrected chi connectivity index (χ1v) is 10.6. The molecule has 7 nitrogen and oxygen atoms in total. The van der Waals surface area contributed by atoms with Crippen molar-refractivity contribution in [1.82, 2.24) is 4.90 Å². The second kappa shape index (κ2) is 9.21. The molecule has 1 amide bonds. The topological polar surface area (TPSA) is 63.6 Å². The molecular weight excluding hydrogens is 439 g/mol. The van der Waals surface area contributed by atoms with E-state index >= 15 is 0 Å². The second-order valence-electron chi connectivity index (χ2n) is 7.68. The van der Waals surface area contributed by atoms with Crippen molar-refractivity contribution < 1.29 is 32.3 Å². The molecule has 0 N–H and O–H groups in total. The summed E-state index contributed by atoms with van der Waals surface area (Å²) >= 11 is 0. The molecule has 0 unspecified atom stereocenters. The van der Waals surface area contributed by atoms with Gasteiger partial charge in [0.25, 0.3) is 0 Å². The van der Waals surface area contributed by atoms with Gasteiger partial charge in [-0.15, -0.1) is 0 Å². The van der Waals surface area contributed by atoms with Crippen molar-refractivity contribution in [1.29, 1.82) is 0 Å². The molecule has 2 aromatic rings. The zero-order valence-corrected chi connectivity index (χ0v) is 18.3. The largest absolute Gasteiger partial charge is 0.487 e. The van der Waals surface area contributed by atoms with Crippen molar-refractivity contribution in [3.05, 3.63) is 53.1 Å². The maximum absolute atomic E-state index is 13.3. The van der Waals surface area contributed by atoms with Crippen molar-refractivity contribution in [2.45, 2.75) is 26.1 Å². The Bertz CT molecular complexity index is 1070. The van der Waals surface area contributed by atoms with Gasteiger partial charge in [-0.3, -0.25) is 0 Å². The zero-order chi connectivity index (χ0) is 23.6. The number of hydrogen-bond donors (Lipinski definition) is 0. The van der Waals surface area contributed by atoms with Gasteiger partial charge in [0, 0.05) is 31.1 Å². The molecule has 2 aliphatic heterocycles. The number of alkyl halides is 3. The number of rotatable bonds is 5. The number of para-hydroxylation sites is 1. The standard InChI is InChI=1S/C23H24F3N3O4/c1-3-31-22(30)28(2)11-12-33-27-18-9-10-29-19-13-16(23(24,25)26)7-8-20(19)32-14-15-5-4-6-17(18)21(15)29/h4-8,13H,3,9-12,14H2,1-2H3/b27-18-. The number of fused-ring (bicyclic) bond motifs is 2. The van der Waals surface area contributed by atoms with Gasteiger partial charge >= 0.3 is 12.3 Å². The van der Waals surface area contributed by atoms with E-state index < -0.39 is 17.8 Å². The number of hydrogen-bond acceptors (Lipinski definition) is 6. The van der Waals surface area contributed by atoms with Crippen LogP contribution in [0.3, 0.4) is 0 Å². The van der Waals surface area contributed by atoms with Gasteiger partial charge in [0.15, 0.2) is 0 Å². The lowest BCUT2D eigenvalue weighted by atomic mass is 9.95. The summed E-state index contributed by atoms with van der Waals surface area (Å²) in [5, 5.41) is 4.27. The van der Waals surface area contributed by atoms with Crippen molar-refractivity contribution in [2.24, 2.45) is 5.16 Å². The van der Waals surface area contributed by atoms with E-state index in [0.29, 0.717) is 43.3 Å². The Morgan fingerprint density at radius 1 is 1.27 bits per heavy atom. The molecule has 10 heteroatoms. The van der Waals surface area contributed by atoms with E-state index in [1.807, 2.05) is 23.1 Å². The zero-order valence-electron chi connectivity index (χ0n) is 18.3. The Balaban J connectivity index is 1.58. The van der Waals surface area contributed by atoms with Crippen LogP contribution in [0.2, 0.25) is 0 Å². The molecule has 0 atom stereocenters. The summed E-state index contributed by atoms with van der Waals surface area (Å²) in [6.45, 7) is 3.16. The third kappa shape index (κ3) is 4.69. The van der Waals surface area contributed by atoms with Gasteiger partial charge in [-0.25, -0.2) is 4.79 Å². The average molecular weight is 463 g/mol. The van der Waals surface area contributed by atoms with Gasteiger partial charge in [0.05, 0.1) is 35.8 Å². The minimum Gasteiger partial charge on any atom is -0.487 e. The van der Waals surface area contributed by atoms with E-state index in [-0.39, 0.29) is 13.2 Å². The van der Waals surface area contributed by atoms with E-state index in [2.05, 4.69) is 5.16 Å². The Hall–Kier alpha value is -3.43. The minimum atomic E-state index is -4.45. The summed E-state index contributed by atoms with van der Waals surface area (Å²) in [5.41, 5.74) is 2.76. The van der Waals surface area contributed by atoms with Gasteiger partial charge in [-0.05, 0) is 25.1 Å². The summed E-state index contributed by atoms with van der Waals surface area (Å²) in [5.74, 6) is 0.406. The Kier molecular flexibility index (Phi) is 6.35. The third-order valence-corrected chi connectivity index (χ3v) is 5.51. The summed E-state index contributed by atoms with van der Waals surface area (Å²) in [6, 6.07) is 9.16. The van der Waals surface area contributed by atoms with Gasteiger partial charge in [0.2, 0.25) is 0 Å². The van der Waals surface area contributed by atoms with Gasteiger partial charge in [0.1, 0.15) is 19.0 Å². The molecular formula is C23H24F3N3O4. The fourth-order valence-corrected chi connectivity index (χ4v) is 3.87. The number of carbonyl (C=O) groups is 1. The van der Waals surface area contributed by atoms with Crippen LogP contribution in [0, 0.1) is 0 Å². The molecule has 2 aliphatic rings. The normalized spacial score (nSPS) is 15.8. The summed E-state index contributed by atoms with van der Waals surface area (Å²) in [4.78, 5) is 20.4. The number of carbonyl (C=O) groups excluding carboxylic acids is 1. The first-order valence-electron chi connectivity index (χ1n) is 10.6. The van der Waals surface area contributed by atoms with E-state index in [0.717, 1.165) is 28.9 Å². The number of halogens is 3. The number of nitrogens with zero attached hydrogens (tertiary/aromatic N) is 3. The van der Waals surface area contributed by atoms with E-state index in [4.69, 9.17) is 14.3 Å². The maximum atomic E-state index is 13.3. The van der Waals surface area contributed by atoms with E-state index in [1.165, 1.54) is 11.0 Å². The monoisotopic (exact) mass is 463 g/mol. The van der Waals surface area contributed by atoms with Gasteiger partial charge in [-0.2, -0.15) is 13.2 Å².